The van der Waals surface area contributed by atoms with Gasteiger partial charge in [-0.05, 0) is 42.8 Å². The number of carbonyl (C=O) groups excluding carboxylic acids is 1. The van der Waals surface area contributed by atoms with Gasteiger partial charge >= 0.3 is 12.1 Å². The molecule has 1 saturated heterocycles. The molecule has 1 unspecified atom stereocenters. The SMILES string of the molecule is CC(C)(C)OC(=O)N1CCN(c2cncc(Br)c2)CC1C(=O)O. The van der Waals surface area contributed by atoms with Crippen LogP contribution < -0.4 is 4.90 Å². The molecule has 1 aromatic heterocycles. The zero-order valence-corrected chi connectivity index (χ0v) is 14.9. The number of rotatable bonds is 2. The van der Waals surface area contributed by atoms with E-state index in [1.165, 1.54) is 4.90 Å². The van der Waals surface area contributed by atoms with Crippen LogP contribution in [0.1, 0.15) is 20.8 Å². The molecule has 0 aromatic carbocycles. The van der Waals surface area contributed by atoms with Crippen molar-refractivity contribution in [3.05, 3.63) is 22.9 Å². The van der Waals surface area contributed by atoms with Crippen LogP contribution in [0.25, 0.3) is 0 Å². The molecule has 1 aromatic rings. The predicted octanol–water partition coefficient (Wildman–Crippen LogP) is 2.35. The first-order chi connectivity index (χ1) is 10.7. The lowest BCUT2D eigenvalue weighted by Gasteiger charge is -2.40. The zero-order valence-electron chi connectivity index (χ0n) is 13.3. The number of aromatic nitrogens is 1. The number of hydrogen-bond acceptors (Lipinski definition) is 5. The third-order valence-corrected chi connectivity index (χ3v) is 3.78. The summed E-state index contributed by atoms with van der Waals surface area (Å²) in [6.45, 7) is 6.24. The Hall–Kier alpha value is -1.83. The molecule has 0 saturated carbocycles. The van der Waals surface area contributed by atoms with Crippen LogP contribution in [0.4, 0.5) is 10.5 Å². The predicted molar refractivity (Wildman–Crippen MR) is 88.5 cm³/mol. The molecule has 0 bridgehead atoms. The van der Waals surface area contributed by atoms with Gasteiger partial charge in [0.15, 0.2) is 0 Å². The van der Waals surface area contributed by atoms with Gasteiger partial charge in [0.05, 0.1) is 11.9 Å². The first-order valence-electron chi connectivity index (χ1n) is 7.25. The molecule has 8 heteroatoms. The average Bonchev–Trinajstić information content (AvgIpc) is 2.44. The number of piperazine rings is 1. The Morgan fingerprint density at radius 2 is 2.04 bits per heavy atom. The van der Waals surface area contributed by atoms with Crippen molar-refractivity contribution in [3.8, 4) is 0 Å². The Kier molecular flexibility index (Phi) is 5.13. The minimum Gasteiger partial charge on any atom is -0.480 e. The van der Waals surface area contributed by atoms with Crippen molar-refractivity contribution in [2.24, 2.45) is 0 Å². The van der Waals surface area contributed by atoms with E-state index in [0.29, 0.717) is 6.54 Å². The minimum atomic E-state index is -1.05. The number of carboxylic acids is 1. The molecule has 23 heavy (non-hydrogen) atoms. The molecular weight excluding hydrogens is 366 g/mol. The number of nitrogens with zero attached hydrogens (tertiary/aromatic N) is 3. The Morgan fingerprint density at radius 1 is 1.35 bits per heavy atom. The summed E-state index contributed by atoms with van der Waals surface area (Å²) >= 11 is 3.35. The molecule has 1 N–H and O–H groups in total. The highest BCUT2D eigenvalue weighted by atomic mass is 79.9. The third-order valence-electron chi connectivity index (χ3n) is 3.35. The molecule has 0 spiro atoms. The average molecular weight is 386 g/mol. The van der Waals surface area contributed by atoms with Gasteiger partial charge in [-0.25, -0.2) is 9.59 Å². The van der Waals surface area contributed by atoms with E-state index in [4.69, 9.17) is 4.74 Å². The molecule has 1 aliphatic rings. The van der Waals surface area contributed by atoms with E-state index in [-0.39, 0.29) is 13.1 Å². The van der Waals surface area contributed by atoms with E-state index < -0.39 is 23.7 Å². The molecule has 1 amide bonds. The number of ether oxygens (including phenoxy) is 1. The van der Waals surface area contributed by atoms with Gasteiger partial charge in [0, 0.05) is 30.3 Å². The van der Waals surface area contributed by atoms with Crippen LogP contribution in [0.15, 0.2) is 22.9 Å². The van der Waals surface area contributed by atoms with Gasteiger partial charge < -0.3 is 14.7 Å². The van der Waals surface area contributed by atoms with Gasteiger partial charge in [-0.1, -0.05) is 0 Å². The monoisotopic (exact) mass is 385 g/mol. The van der Waals surface area contributed by atoms with Gasteiger partial charge in [-0.2, -0.15) is 0 Å². The Balaban J connectivity index is 2.15. The van der Waals surface area contributed by atoms with Crippen LogP contribution in [0.2, 0.25) is 0 Å². The Labute approximate surface area is 143 Å². The van der Waals surface area contributed by atoms with Gasteiger partial charge in [0.25, 0.3) is 0 Å². The summed E-state index contributed by atoms with van der Waals surface area (Å²) in [6.07, 6.45) is 2.74. The van der Waals surface area contributed by atoms with Gasteiger partial charge in [-0.15, -0.1) is 0 Å². The van der Waals surface area contributed by atoms with Crippen molar-refractivity contribution in [3.63, 3.8) is 0 Å². The minimum absolute atomic E-state index is 0.187. The lowest BCUT2D eigenvalue weighted by atomic mass is 10.1. The van der Waals surface area contributed by atoms with E-state index in [1.807, 2.05) is 11.0 Å². The maximum absolute atomic E-state index is 12.2. The molecule has 126 valence electrons. The second kappa shape index (κ2) is 6.74. The molecule has 7 nitrogen and oxygen atoms in total. The number of aliphatic carboxylic acids is 1. The summed E-state index contributed by atoms with van der Waals surface area (Å²) in [6, 6.07) is 0.910. The van der Waals surface area contributed by atoms with Crippen LogP contribution in [-0.2, 0) is 9.53 Å². The number of carbonyl (C=O) groups is 2. The number of amides is 1. The first kappa shape index (κ1) is 17.5. The number of pyridine rings is 1. The maximum atomic E-state index is 12.2. The summed E-state index contributed by atoms with van der Waals surface area (Å²) in [5, 5.41) is 9.47. The van der Waals surface area contributed by atoms with Crippen molar-refractivity contribution in [1.29, 1.82) is 0 Å². The lowest BCUT2D eigenvalue weighted by molar-refractivity contribution is -0.143. The Morgan fingerprint density at radius 3 is 2.61 bits per heavy atom. The number of hydrogen-bond donors (Lipinski definition) is 1. The smallest absolute Gasteiger partial charge is 0.411 e. The molecule has 1 fully saturated rings. The molecule has 1 atom stereocenters. The van der Waals surface area contributed by atoms with E-state index in [0.717, 1.165) is 10.2 Å². The quantitative estimate of drug-likeness (QED) is 0.840. The summed E-state index contributed by atoms with van der Waals surface area (Å²) in [7, 11) is 0. The Bertz CT molecular complexity index is 603. The summed E-state index contributed by atoms with van der Waals surface area (Å²) < 4.78 is 6.12. The van der Waals surface area contributed by atoms with Gasteiger partial charge in [-0.3, -0.25) is 9.88 Å². The molecule has 2 heterocycles. The number of carboxylic acid groups (broad SMARTS) is 1. The molecule has 1 aliphatic heterocycles. The highest BCUT2D eigenvalue weighted by Crippen LogP contribution is 2.23. The zero-order chi connectivity index (χ0) is 17.2. The molecule has 2 rings (SSSR count). The summed E-state index contributed by atoms with van der Waals surface area (Å²) in [5.74, 6) is -1.05. The van der Waals surface area contributed by atoms with Crippen molar-refractivity contribution in [2.45, 2.75) is 32.4 Å². The van der Waals surface area contributed by atoms with Crippen molar-refractivity contribution < 1.29 is 19.4 Å². The van der Waals surface area contributed by atoms with Crippen LogP contribution in [0, 0.1) is 0 Å². The molecule has 0 aliphatic carbocycles. The topological polar surface area (TPSA) is 83.0 Å². The number of anilines is 1. The van der Waals surface area contributed by atoms with Crippen molar-refractivity contribution >= 4 is 33.7 Å². The van der Waals surface area contributed by atoms with E-state index in [1.54, 1.807) is 33.2 Å². The molecular formula is C15H20BrN3O4. The second-order valence-electron chi connectivity index (χ2n) is 6.34. The lowest BCUT2D eigenvalue weighted by Crippen LogP contribution is -2.59. The fraction of sp³-hybridized carbons (Fsp3) is 0.533. The second-order valence-corrected chi connectivity index (χ2v) is 7.25. The highest BCUT2D eigenvalue weighted by molar-refractivity contribution is 9.10. The van der Waals surface area contributed by atoms with Gasteiger partial charge in [0.1, 0.15) is 11.6 Å². The van der Waals surface area contributed by atoms with Crippen LogP contribution in [0.5, 0.6) is 0 Å². The van der Waals surface area contributed by atoms with Crippen LogP contribution >= 0.6 is 15.9 Å². The highest BCUT2D eigenvalue weighted by Gasteiger charge is 2.37. The third kappa shape index (κ3) is 4.57. The van der Waals surface area contributed by atoms with E-state index in [9.17, 15) is 14.7 Å². The molecule has 0 radical (unpaired) electrons. The first-order valence-corrected chi connectivity index (χ1v) is 8.04. The van der Waals surface area contributed by atoms with Crippen LogP contribution in [-0.4, -0.2) is 58.3 Å². The van der Waals surface area contributed by atoms with E-state index >= 15 is 0 Å². The summed E-state index contributed by atoms with van der Waals surface area (Å²) in [5.41, 5.74) is 0.153. The van der Waals surface area contributed by atoms with E-state index in [2.05, 4.69) is 20.9 Å². The fourth-order valence-corrected chi connectivity index (χ4v) is 2.69. The summed E-state index contributed by atoms with van der Waals surface area (Å²) in [4.78, 5) is 31.1. The van der Waals surface area contributed by atoms with Crippen LogP contribution in [0.3, 0.4) is 0 Å². The van der Waals surface area contributed by atoms with Crippen molar-refractivity contribution in [1.82, 2.24) is 9.88 Å². The van der Waals surface area contributed by atoms with Gasteiger partial charge in [0.2, 0.25) is 0 Å². The fourth-order valence-electron chi connectivity index (χ4n) is 2.34. The standard InChI is InChI=1S/C15H20BrN3O4/c1-15(2,3)23-14(22)19-5-4-18(9-12(19)13(20)21)11-6-10(16)7-17-8-11/h6-8,12H,4-5,9H2,1-3H3,(H,20,21). The normalized spacial score (nSPS) is 18.7. The van der Waals surface area contributed by atoms with Crippen molar-refractivity contribution in [2.75, 3.05) is 24.5 Å². The largest absolute Gasteiger partial charge is 0.480 e. The number of halogens is 1. The maximum Gasteiger partial charge on any atom is 0.411 e.